The predicted octanol–water partition coefficient (Wildman–Crippen LogP) is 5.55. The third-order valence-corrected chi connectivity index (χ3v) is 8.00. The zero-order valence-corrected chi connectivity index (χ0v) is 23.5. The summed E-state index contributed by atoms with van der Waals surface area (Å²) >= 11 is 0. The lowest BCUT2D eigenvalue weighted by Crippen LogP contribution is -2.08. The second-order valence-electron chi connectivity index (χ2n) is 10.6. The van der Waals surface area contributed by atoms with Gasteiger partial charge in [0.1, 0.15) is 39.4 Å². The summed E-state index contributed by atoms with van der Waals surface area (Å²) in [6.45, 7) is 3.06. The Labute approximate surface area is 234 Å². The summed E-state index contributed by atoms with van der Waals surface area (Å²) in [7, 11) is -3.00. The van der Waals surface area contributed by atoms with Crippen molar-refractivity contribution in [1.82, 2.24) is 0 Å². The van der Waals surface area contributed by atoms with Crippen LogP contribution in [0.2, 0.25) is 0 Å². The molecule has 1 aliphatic carbocycles. The maximum Gasteiger partial charge on any atom is 0.304 e. The van der Waals surface area contributed by atoms with Gasteiger partial charge in [-0.05, 0) is 73.2 Å². The summed E-state index contributed by atoms with van der Waals surface area (Å²) in [6, 6.07) is 17.5. The third-order valence-electron chi connectivity index (χ3n) is 6.97. The molecule has 0 bridgehead atoms. The molecule has 8 nitrogen and oxygen atoms in total. The summed E-state index contributed by atoms with van der Waals surface area (Å²) in [4.78, 5) is 11.1. The zero-order valence-electron chi connectivity index (χ0n) is 22.7. The van der Waals surface area contributed by atoms with E-state index in [-0.39, 0.29) is 24.2 Å². The Balaban J connectivity index is 1.29. The highest BCUT2D eigenvalue weighted by Crippen LogP contribution is 2.40. The number of carbonyl (C=O) groups is 1. The number of carboxylic acids is 1. The lowest BCUT2D eigenvalue weighted by molar-refractivity contribution is -0.137. The Morgan fingerprint density at radius 3 is 2.50 bits per heavy atom. The average molecular weight is 567 g/mol. The molecule has 2 aliphatic rings. The second kappa shape index (κ2) is 11.8. The lowest BCUT2D eigenvalue weighted by atomic mass is 9.97. The number of hydrogen-bond acceptors (Lipinski definition) is 7. The van der Waals surface area contributed by atoms with Crippen molar-refractivity contribution in [3.05, 3.63) is 71.3 Å². The summed E-state index contributed by atoms with van der Waals surface area (Å²) in [5, 5.41) is 9.13. The molecule has 0 unspecified atom stereocenters. The molecular weight excluding hydrogens is 532 g/mol. The molecule has 0 saturated heterocycles. The number of aliphatic carboxylic acids is 1. The first-order chi connectivity index (χ1) is 19.1. The zero-order chi connectivity index (χ0) is 28.3. The number of aryl methyl sites for hydroxylation is 1. The summed E-state index contributed by atoms with van der Waals surface area (Å²) in [5.41, 5.74) is 4.89. The number of carboxylic acid groups (broad SMARTS) is 1. The minimum absolute atomic E-state index is 0.0426. The Morgan fingerprint density at radius 1 is 1.00 bits per heavy atom. The molecule has 3 aromatic rings. The molecular formula is C31H34O8S. The number of rotatable bonds is 13. The van der Waals surface area contributed by atoms with Crippen LogP contribution in [0.15, 0.2) is 54.6 Å². The van der Waals surface area contributed by atoms with Gasteiger partial charge >= 0.3 is 5.97 Å². The molecule has 1 atom stereocenters. The Kier molecular flexibility index (Phi) is 8.21. The van der Waals surface area contributed by atoms with E-state index in [1.54, 1.807) is 0 Å². The van der Waals surface area contributed by atoms with Crippen LogP contribution in [0, 0.1) is 6.92 Å². The van der Waals surface area contributed by atoms with Crippen molar-refractivity contribution in [2.24, 2.45) is 0 Å². The first-order valence-corrected chi connectivity index (χ1v) is 15.5. The first kappa shape index (κ1) is 27.8. The molecule has 0 radical (unpaired) electrons. The van der Waals surface area contributed by atoms with Crippen molar-refractivity contribution in [3.8, 4) is 34.1 Å². The fourth-order valence-corrected chi connectivity index (χ4v) is 5.42. The maximum atomic E-state index is 11.4. The normalized spacial score (nSPS) is 16.2. The first-order valence-electron chi connectivity index (χ1n) is 13.5. The van der Waals surface area contributed by atoms with Gasteiger partial charge in [-0.25, -0.2) is 8.42 Å². The molecule has 0 amide bonds. The molecule has 1 heterocycles. The monoisotopic (exact) mass is 566 g/mol. The SMILES string of the molecule is Cc1cc(OCCCS(C)(=O)=O)ccc1-c1cc(COc2ccc3c(c2)OC[C@H]3CC(=O)O)ccc1OC1CC1. The molecule has 0 spiro atoms. The van der Waals surface area contributed by atoms with Crippen LogP contribution < -0.4 is 18.9 Å². The van der Waals surface area contributed by atoms with Gasteiger partial charge in [0.25, 0.3) is 0 Å². The smallest absolute Gasteiger partial charge is 0.304 e. The van der Waals surface area contributed by atoms with Gasteiger partial charge in [0.05, 0.1) is 31.5 Å². The van der Waals surface area contributed by atoms with E-state index in [1.165, 1.54) is 6.26 Å². The Hall–Kier alpha value is -3.72. The lowest BCUT2D eigenvalue weighted by Gasteiger charge is -2.16. The number of ether oxygens (including phenoxy) is 4. The van der Waals surface area contributed by atoms with Crippen LogP contribution in [-0.2, 0) is 21.2 Å². The van der Waals surface area contributed by atoms with Crippen LogP contribution in [0.25, 0.3) is 11.1 Å². The minimum Gasteiger partial charge on any atom is -0.494 e. The molecule has 1 aliphatic heterocycles. The van der Waals surface area contributed by atoms with Crippen LogP contribution in [0.5, 0.6) is 23.0 Å². The quantitative estimate of drug-likeness (QED) is 0.269. The average Bonchev–Trinajstić information content (AvgIpc) is 3.64. The van der Waals surface area contributed by atoms with E-state index in [2.05, 4.69) is 6.07 Å². The van der Waals surface area contributed by atoms with Crippen molar-refractivity contribution in [1.29, 1.82) is 0 Å². The van der Waals surface area contributed by atoms with Crippen molar-refractivity contribution >= 4 is 15.8 Å². The van der Waals surface area contributed by atoms with Crippen LogP contribution in [0.1, 0.15) is 48.3 Å². The summed E-state index contributed by atoms with van der Waals surface area (Å²) in [5.74, 6) is 1.97. The second-order valence-corrected chi connectivity index (χ2v) is 12.8. The molecule has 1 N–H and O–H groups in total. The predicted molar refractivity (Wildman–Crippen MR) is 151 cm³/mol. The number of fused-ring (bicyclic) bond motifs is 1. The van der Waals surface area contributed by atoms with Crippen LogP contribution in [0.3, 0.4) is 0 Å². The van der Waals surface area contributed by atoms with Crippen molar-refractivity contribution in [3.63, 3.8) is 0 Å². The molecule has 3 aromatic carbocycles. The van der Waals surface area contributed by atoms with Gasteiger partial charge in [0.15, 0.2) is 0 Å². The van der Waals surface area contributed by atoms with E-state index in [0.717, 1.165) is 46.4 Å². The van der Waals surface area contributed by atoms with Gasteiger partial charge in [0, 0.05) is 29.4 Å². The summed E-state index contributed by atoms with van der Waals surface area (Å²) in [6.07, 6.45) is 4.07. The molecule has 212 valence electrons. The summed E-state index contributed by atoms with van der Waals surface area (Å²) < 4.78 is 46.5. The van der Waals surface area contributed by atoms with E-state index in [1.807, 2.05) is 55.5 Å². The van der Waals surface area contributed by atoms with Crippen LogP contribution in [-0.4, -0.2) is 50.8 Å². The van der Waals surface area contributed by atoms with Gasteiger partial charge < -0.3 is 24.1 Å². The molecule has 1 saturated carbocycles. The third kappa shape index (κ3) is 7.27. The fourth-order valence-electron chi connectivity index (χ4n) is 4.78. The minimum atomic E-state index is -3.00. The number of benzene rings is 3. The Bertz CT molecular complexity index is 1490. The highest BCUT2D eigenvalue weighted by molar-refractivity contribution is 7.90. The fraction of sp³-hybridized carbons (Fsp3) is 0.387. The maximum absolute atomic E-state index is 11.4. The molecule has 40 heavy (non-hydrogen) atoms. The van der Waals surface area contributed by atoms with E-state index >= 15 is 0 Å². The standard InChI is InChI=1S/C31H34O8S/c1-20-14-24(36-12-3-13-40(2,34)35)7-9-26(20)28-15-21(4-11-29(28)39-23-5-6-23)18-37-25-8-10-27-22(16-31(32)33)19-38-30(27)17-25/h4,7-11,14-15,17,22-23H,3,5-6,12-13,16,18-19H2,1-2H3,(H,32,33)/t22-/m1/s1. The van der Waals surface area contributed by atoms with Crippen molar-refractivity contribution in [2.75, 3.05) is 25.2 Å². The Morgan fingerprint density at radius 2 is 1.77 bits per heavy atom. The number of hydrogen-bond donors (Lipinski definition) is 1. The van der Waals surface area contributed by atoms with Crippen LogP contribution >= 0.6 is 0 Å². The van der Waals surface area contributed by atoms with E-state index < -0.39 is 15.8 Å². The largest absolute Gasteiger partial charge is 0.494 e. The van der Waals surface area contributed by atoms with Crippen molar-refractivity contribution in [2.45, 2.75) is 51.2 Å². The van der Waals surface area contributed by atoms with Gasteiger partial charge in [-0.1, -0.05) is 18.2 Å². The topological polar surface area (TPSA) is 108 Å². The van der Waals surface area contributed by atoms with E-state index in [9.17, 15) is 13.2 Å². The van der Waals surface area contributed by atoms with Gasteiger partial charge in [-0.15, -0.1) is 0 Å². The highest BCUT2D eigenvalue weighted by Gasteiger charge is 2.27. The van der Waals surface area contributed by atoms with E-state index in [0.29, 0.717) is 43.5 Å². The molecule has 1 fully saturated rings. The van der Waals surface area contributed by atoms with Gasteiger partial charge in [-0.3, -0.25) is 4.79 Å². The highest BCUT2D eigenvalue weighted by atomic mass is 32.2. The van der Waals surface area contributed by atoms with Gasteiger partial charge in [-0.2, -0.15) is 0 Å². The molecule has 5 rings (SSSR count). The molecule has 0 aromatic heterocycles. The van der Waals surface area contributed by atoms with Crippen molar-refractivity contribution < 1.29 is 37.3 Å². The molecule has 9 heteroatoms. The number of sulfone groups is 1. The van der Waals surface area contributed by atoms with Gasteiger partial charge in [0.2, 0.25) is 0 Å². The van der Waals surface area contributed by atoms with Crippen LogP contribution in [0.4, 0.5) is 0 Å². The van der Waals surface area contributed by atoms with E-state index in [4.69, 9.17) is 24.1 Å².